The van der Waals surface area contributed by atoms with E-state index in [0.717, 1.165) is 54.2 Å². The summed E-state index contributed by atoms with van der Waals surface area (Å²) in [6.07, 6.45) is 11.8. The summed E-state index contributed by atoms with van der Waals surface area (Å²) < 4.78 is 4.72. The van der Waals surface area contributed by atoms with Crippen LogP contribution in [0.4, 0.5) is 5.95 Å². The predicted molar refractivity (Wildman–Crippen MR) is 160 cm³/mol. The Kier molecular flexibility index (Phi) is 8.36. The van der Waals surface area contributed by atoms with Crippen LogP contribution in [0, 0.1) is 12.8 Å². The summed E-state index contributed by atoms with van der Waals surface area (Å²) in [4.78, 5) is 5.01. The van der Waals surface area contributed by atoms with Crippen LogP contribution in [0.25, 0.3) is 11.0 Å². The molecule has 1 fully saturated rings. The number of nitrogens with zero attached hydrogens (tertiary/aromatic N) is 3. The quantitative estimate of drug-likeness (QED) is 0.280. The standard InChI is InChI=1S/C33H45N4/c1-9-28-16-17-36(8)26(7)32(28)24(5)20-29(18-22(2)3)25(6)34-33-35-30-15-14-23(4)19-31(30)37(33)21-27-12-10-11-13-27/h14-15,18-20,27H,5-6,9-13,16-17,21H2,1-4,7-8H3,(H,34,35)/q+1/b29-20+. The zero-order valence-corrected chi connectivity index (χ0v) is 23.9. The molecule has 0 spiro atoms. The molecule has 37 heavy (non-hydrogen) atoms. The molecule has 1 aromatic carbocycles. The smallest absolute Gasteiger partial charge is 0.208 e. The van der Waals surface area contributed by atoms with Gasteiger partial charge < -0.3 is 9.88 Å². The molecule has 0 bridgehead atoms. The number of rotatable bonds is 9. The number of hydrogen-bond acceptors (Lipinski definition) is 2. The summed E-state index contributed by atoms with van der Waals surface area (Å²) >= 11 is 0. The molecule has 2 aromatic rings. The highest BCUT2D eigenvalue weighted by molar-refractivity contribution is 6.00. The Labute approximate surface area is 223 Å². The molecule has 1 aromatic heterocycles. The monoisotopic (exact) mass is 497 g/mol. The van der Waals surface area contributed by atoms with Crippen molar-refractivity contribution in [3.8, 4) is 0 Å². The number of fused-ring (bicyclic) bond motifs is 1. The zero-order valence-electron chi connectivity index (χ0n) is 23.9. The third-order valence-corrected chi connectivity index (χ3v) is 7.99. The molecule has 1 aliphatic carbocycles. The Balaban J connectivity index is 1.70. The topological polar surface area (TPSA) is 32.9 Å². The van der Waals surface area contributed by atoms with Crippen molar-refractivity contribution in [1.82, 2.24) is 9.55 Å². The van der Waals surface area contributed by atoms with E-state index in [4.69, 9.17) is 4.98 Å². The minimum Gasteiger partial charge on any atom is -0.326 e. The first-order valence-electron chi connectivity index (χ1n) is 13.9. The van der Waals surface area contributed by atoms with Gasteiger partial charge in [0.15, 0.2) is 5.71 Å². The Morgan fingerprint density at radius 2 is 1.89 bits per heavy atom. The number of hydrogen-bond donors (Lipinski definition) is 1. The molecule has 1 aliphatic heterocycles. The van der Waals surface area contributed by atoms with Gasteiger partial charge in [0, 0.05) is 31.2 Å². The summed E-state index contributed by atoms with van der Waals surface area (Å²) in [6.45, 7) is 22.0. The number of anilines is 1. The summed E-state index contributed by atoms with van der Waals surface area (Å²) in [6, 6.07) is 6.54. The van der Waals surface area contributed by atoms with Crippen LogP contribution in [0.1, 0.15) is 71.8 Å². The average Bonchev–Trinajstić information content (AvgIpc) is 3.48. The van der Waals surface area contributed by atoms with Crippen molar-refractivity contribution < 1.29 is 4.58 Å². The van der Waals surface area contributed by atoms with Gasteiger partial charge in [-0.2, -0.15) is 0 Å². The van der Waals surface area contributed by atoms with Gasteiger partial charge in [-0.3, -0.25) is 0 Å². The minimum absolute atomic E-state index is 0.709. The number of aryl methyl sites for hydroxylation is 1. The first-order valence-corrected chi connectivity index (χ1v) is 13.9. The molecule has 4 nitrogen and oxygen atoms in total. The van der Waals surface area contributed by atoms with Gasteiger partial charge in [0.1, 0.15) is 13.6 Å². The largest absolute Gasteiger partial charge is 0.326 e. The van der Waals surface area contributed by atoms with Crippen LogP contribution in [-0.4, -0.2) is 33.4 Å². The highest BCUT2D eigenvalue weighted by Crippen LogP contribution is 2.32. The van der Waals surface area contributed by atoms with Crippen molar-refractivity contribution in [3.05, 3.63) is 82.6 Å². The van der Waals surface area contributed by atoms with Gasteiger partial charge in [0.05, 0.1) is 11.0 Å². The molecule has 0 radical (unpaired) electrons. The van der Waals surface area contributed by atoms with Gasteiger partial charge in [0.2, 0.25) is 5.95 Å². The second-order valence-corrected chi connectivity index (χ2v) is 11.2. The van der Waals surface area contributed by atoms with Crippen LogP contribution in [0.2, 0.25) is 0 Å². The molecule has 1 N–H and O–H groups in total. The lowest BCUT2D eigenvalue weighted by Crippen LogP contribution is -2.25. The van der Waals surface area contributed by atoms with Gasteiger partial charge in [-0.05, 0) is 80.9 Å². The molecule has 0 saturated heterocycles. The Morgan fingerprint density at radius 3 is 2.57 bits per heavy atom. The second kappa shape index (κ2) is 11.5. The van der Waals surface area contributed by atoms with Crippen LogP contribution in [0.5, 0.6) is 0 Å². The van der Waals surface area contributed by atoms with E-state index >= 15 is 0 Å². The molecule has 2 aliphatic rings. The van der Waals surface area contributed by atoms with E-state index in [-0.39, 0.29) is 0 Å². The number of allylic oxidation sites excluding steroid dienone is 5. The highest BCUT2D eigenvalue weighted by atomic mass is 15.2. The molecule has 0 unspecified atom stereocenters. The van der Waals surface area contributed by atoms with Crippen LogP contribution in [0.15, 0.2) is 77.1 Å². The zero-order chi connectivity index (χ0) is 26.7. The molecule has 0 amide bonds. The third kappa shape index (κ3) is 6.06. The normalized spacial score (nSPS) is 17.1. The number of aromatic nitrogens is 2. The summed E-state index contributed by atoms with van der Waals surface area (Å²) in [5.74, 6) is 1.59. The van der Waals surface area contributed by atoms with Crippen molar-refractivity contribution in [1.29, 1.82) is 0 Å². The summed E-state index contributed by atoms with van der Waals surface area (Å²) in [7, 11) is 2.17. The summed E-state index contributed by atoms with van der Waals surface area (Å²) in [5, 5.41) is 3.62. The number of benzene rings is 1. The molecule has 196 valence electrons. The van der Waals surface area contributed by atoms with Crippen molar-refractivity contribution >= 4 is 22.7 Å². The van der Waals surface area contributed by atoms with Gasteiger partial charge in [-0.1, -0.05) is 56.2 Å². The highest BCUT2D eigenvalue weighted by Gasteiger charge is 2.24. The average molecular weight is 498 g/mol. The third-order valence-electron chi connectivity index (χ3n) is 7.99. The lowest BCUT2D eigenvalue weighted by molar-refractivity contribution is -0.498. The fraction of sp³-hybridized carbons (Fsp3) is 0.455. The SMILES string of the molecule is C=C(/C=C(\C=C(C)C)C(=C)Nc1nc2ccc(C)cc2n1CC1CCCC1)C1=C(CC)CC[N+](C)=C1C. The Morgan fingerprint density at radius 1 is 1.16 bits per heavy atom. The maximum Gasteiger partial charge on any atom is 0.208 e. The first-order chi connectivity index (χ1) is 17.7. The molecule has 0 atom stereocenters. The van der Waals surface area contributed by atoms with Gasteiger partial charge in [-0.25, -0.2) is 9.56 Å². The van der Waals surface area contributed by atoms with E-state index in [1.807, 2.05) is 0 Å². The fourth-order valence-corrected chi connectivity index (χ4v) is 5.81. The van der Waals surface area contributed by atoms with Crippen molar-refractivity contribution in [2.45, 2.75) is 79.7 Å². The van der Waals surface area contributed by atoms with Gasteiger partial charge in [0.25, 0.3) is 0 Å². The fourth-order valence-electron chi connectivity index (χ4n) is 5.81. The van der Waals surface area contributed by atoms with Crippen LogP contribution in [0.3, 0.4) is 0 Å². The minimum atomic E-state index is 0.709. The molecule has 4 rings (SSSR count). The van der Waals surface area contributed by atoms with E-state index < -0.39 is 0 Å². The lowest BCUT2D eigenvalue weighted by atomic mass is 9.89. The van der Waals surface area contributed by atoms with Gasteiger partial charge >= 0.3 is 0 Å². The van der Waals surface area contributed by atoms with Crippen LogP contribution < -0.4 is 5.32 Å². The number of nitrogens with one attached hydrogen (secondary N) is 1. The summed E-state index contributed by atoms with van der Waals surface area (Å²) in [5.41, 5.74) is 11.7. The predicted octanol–water partition coefficient (Wildman–Crippen LogP) is 8.12. The van der Waals surface area contributed by atoms with E-state index in [1.165, 1.54) is 59.2 Å². The van der Waals surface area contributed by atoms with E-state index in [2.05, 4.69) is 99.6 Å². The van der Waals surface area contributed by atoms with Crippen molar-refractivity contribution in [2.75, 3.05) is 18.9 Å². The van der Waals surface area contributed by atoms with Crippen molar-refractivity contribution in [3.63, 3.8) is 0 Å². The molecule has 2 heterocycles. The molecular weight excluding hydrogens is 452 g/mol. The van der Waals surface area contributed by atoms with E-state index in [1.54, 1.807) is 0 Å². The van der Waals surface area contributed by atoms with Crippen molar-refractivity contribution in [2.24, 2.45) is 5.92 Å². The Bertz CT molecular complexity index is 1330. The lowest BCUT2D eigenvalue weighted by Gasteiger charge is -2.20. The van der Waals surface area contributed by atoms with E-state index in [9.17, 15) is 0 Å². The van der Waals surface area contributed by atoms with Crippen LogP contribution >= 0.6 is 0 Å². The van der Waals surface area contributed by atoms with Gasteiger partial charge in [-0.15, -0.1) is 0 Å². The first kappa shape index (κ1) is 26.9. The molecule has 4 heteroatoms. The second-order valence-electron chi connectivity index (χ2n) is 11.2. The molecular formula is C33H45N4+. The maximum absolute atomic E-state index is 5.01. The molecule has 1 saturated carbocycles. The Hall–Kier alpha value is -3.14. The van der Waals surface area contributed by atoms with E-state index in [0.29, 0.717) is 5.92 Å². The maximum atomic E-state index is 5.01. The number of imidazole rings is 1. The van der Waals surface area contributed by atoms with Crippen LogP contribution in [-0.2, 0) is 6.54 Å².